The predicted molar refractivity (Wildman–Crippen MR) is 106 cm³/mol. The second-order valence-corrected chi connectivity index (χ2v) is 6.44. The number of carbonyl (C=O) groups is 1. The molecule has 140 valence electrons. The Labute approximate surface area is 158 Å². The largest absolute Gasteiger partial charge is 0.425 e. The number of rotatable bonds is 7. The van der Waals surface area contributed by atoms with E-state index < -0.39 is 0 Å². The SMILES string of the molecule is CCCCCc1c(OC(=O)CC)c2cccnc2n(-c2ccccc2)c1=O. The molecular formula is C22H24N2O3. The van der Waals surface area contributed by atoms with Gasteiger partial charge in [-0.3, -0.25) is 14.2 Å². The van der Waals surface area contributed by atoms with Crippen LogP contribution in [0, 0.1) is 0 Å². The summed E-state index contributed by atoms with van der Waals surface area (Å²) in [6.07, 6.45) is 5.38. The average Bonchev–Trinajstić information content (AvgIpc) is 2.70. The van der Waals surface area contributed by atoms with Gasteiger partial charge < -0.3 is 4.74 Å². The molecule has 0 bridgehead atoms. The third-order valence-corrected chi connectivity index (χ3v) is 4.53. The smallest absolute Gasteiger partial charge is 0.310 e. The zero-order chi connectivity index (χ0) is 19.2. The van der Waals surface area contributed by atoms with Gasteiger partial charge >= 0.3 is 5.97 Å². The van der Waals surface area contributed by atoms with E-state index in [1.54, 1.807) is 23.8 Å². The van der Waals surface area contributed by atoms with E-state index in [4.69, 9.17) is 4.74 Å². The minimum absolute atomic E-state index is 0.178. The van der Waals surface area contributed by atoms with Gasteiger partial charge in [0.15, 0.2) is 11.4 Å². The van der Waals surface area contributed by atoms with Gasteiger partial charge in [-0.25, -0.2) is 4.98 Å². The third kappa shape index (κ3) is 3.92. The molecule has 2 aromatic heterocycles. The summed E-state index contributed by atoms with van der Waals surface area (Å²) in [5.41, 5.74) is 1.60. The number of pyridine rings is 2. The van der Waals surface area contributed by atoms with Crippen molar-refractivity contribution >= 4 is 17.0 Å². The molecule has 0 spiro atoms. The Morgan fingerprint density at radius 2 is 1.85 bits per heavy atom. The number of fused-ring (bicyclic) bond motifs is 1. The second-order valence-electron chi connectivity index (χ2n) is 6.44. The van der Waals surface area contributed by atoms with Crippen LogP contribution in [-0.2, 0) is 11.2 Å². The molecule has 2 heterocycles. The summed E-state index contributed by atoms with van der Waals surface area (Å²) in [6.45, 7) is 3.86. The molecule has 0 fully saturated rings. The van der Waals surface area contributed by atoms with E-state index in [2.05, 4.69) is 11.9 Å². The molecule has 5 heteroatoms. The molecule has 0 amide bonds. The van der Waals surface area contributed by atoms with Gasteiger partial charge in [-0.15, -0.1) is 0 Å². The Balaban J connectivity index is 2.30. The van der Waals surface area contributed by atoms with Gasteiger partial charge in [0.1, 0.15) is 0 Å². The highest BCUT2D eigenvalue weighted by molar-refractivity contribution is 5.88. The van der Waals surface area contributed by atoms with Gasteiger partial charge in [0.05, 0.1) is 16.6 Å². The summed E-state index contributed by atoms with van der Waals surface area (Å²) in [4.78, 5) is 29.8. The van der Waals surface area contributed by atoms with E-state index in [1.807, 2.05) is 36.4 Å². The number of unbranched alkanes of at least 4 members (excludes halogenated alkanes) is 2. The second kappa shape index (κ2) is 8.62. The molecule has 0 aliphatic carbocycles. The number of ether oxygens (including phenoxy) is 1. The Bertz CT molecular complexity index is 994. The lowest BCUT2D eigenvalue weighted by molar-refractivity contribution is -0.133. The van der Waals surface area contributed by atoms with Crippen LogP contribution in [0.5, 0.6) is 5.75 Å². The molecule has 3 rings (SSSR count). The first-order valence-electron chi connectivity index (χ1n) is 9.46. The number of aromatic nitrogens is 2. The molecule has 0 atom stereocenters. The standard InChI is InChI=1S/C22H24N2O3/c1-3-5-7-13-18-20(27-19(25)4-2)17-14-10-15-23-21(17)24(22(18)26)16-11-8-6-9-12-16/h6,8-12,14-15H,3-5,7,13H2,1-2H3. The van der Waals surface area contributed by atoms with Gasteiger partial charge in [0, 0.05) is 12.6 Å². The van der Waals surface area contributed by atoms with E-state index in [0.717, 1.165) is 24.9 Å². The fourth-order valence-corrected chi connectivity index (χ4v) is 3.13. The zero-order valence-electron chi connectivity index (χ0n) is 15.8. The first-order chi connectivity index (χ1) is 13.2. The van der Waals surface area contributed by atoms with Crippen molar-refractivity contribution in [3.8, 4) is 11.4 Å². The summed E-state index contributed by atoms with van der Waals surface area (Å²) >= 11 is 0. The van der Waals surface area contributed by atoms with Crippen LogP contribution in [0.2, 0.25) is 0 Å². The lowest BCUT2D eigenvalue weighted by atomic mass is 10.0. The molecule has 27 heavy (non-hydrogen) atoms. The van der Waals surface area contributed by atoms with Crippen LogP contribution in [0.1, 0.15) is 45.1 Å². The maximum absolute atomic E-state index is 13.4. The van der Waals surface area contributed by atoms with E-state index >= 15 is 0 Å². The van der Waals surface area contributed by atoms with E-state index in [1.165, 1.54) is 0 Å². The monoisotopic (exact) mass is 364 g/mol. The first kappa shape index (κ1) is 18.8. The topological polar surface area (TPSA) is 61.2 Å². The lowest BCUT2D eigenvalue weighted by Crippen LogP contribution is -2.25. The molecule has 0 aliphatic heterocycles. The van der Waals surface area contributed by atoms with Crippen LogP contribution >= 0.6 is 0 Å². The molecule has 0 saturated heterocycles. The van der Waals surface area contributed by atoms with Crippen LogP contribution in [0.4, 0.5) is 0 Å². The summed E-state index contributed by atoms with van der Waals surface area (Å²) in [5, 5.41) is 0.675. The van der Waals surface area contributed by atoms with Gasteiger partial charge in [-0.2, -0.15) is 0 Å². The van der Waals surface area contributed by atoms with Gasteiger partial charge in [-0.05, 0) is 37.1 Å². The number of hydrogen-bond acceptors (Lipinski definition) is 4. The molecule has 0 N–H and O–H groups in total. The molecule has 0 saturated carbocycles. The van der Waals surface area contributed by atoms with E-state index in [-0.39, 0.29) is 17.9 Å². The zero-order valence-corrected chi connectivity index (χ0v) is 15.8. The van der Waals surface area contributed by atoms with Crippen molar-refractivity contribution in [1.82, 2.24) is 9.55 Å². The minimum Gasteiger partial charge on any atom is -0.425 e. The van der Waals surface area contributed by atoms with Crippen molar-refractivity contribution in [2.24, 2.45) is 0 Å². The van der Waals surface area contributed by atoms with Crippen LogP contribution in [-0.4, -0.2) is 15.5 Å². The highest BCUT2D eigenvalue weighted by Crippen LogP contribution is 2.29. The molecule has 0 aliphatic rings. The minimum atomic E-state index is -0.353. The number of nitrogens with zero attached hydrogens (tertiary/aromatic N) is 2. The molecule has 0 unspecified atom stereocenters. The van der Waals surface area contributed by atoms with Crippen LogP contribution in [0.3, 0.4) is 0 Å². The highest BCUT2D eigenvalue weighted by atomic mass is 16.5. The molecule has 0 radical (unpaired) electrons. The van der Waals surface area contributed by atoms with Crippen LogP contribution < -0.4 is 10.3 Å². The Hall–Kier alpha value is -2.95. The van der Waals surface area contributed by atoms with Crippen molar-refractivity contribution in [3.05, 3.63) is 64.6 Å². The van der Waals surface area contributed by atoms with Crippen molar-refractivity contribution in [3.63, 3.8) is 0 Å². The summed E-state index contributed by atoms with van der Waals surface area (Å²) < 4.78 is 7.23. The summed E-state index contributed by atoms with van der Waals surface area (Å²) in [5.74, 6) is 0.00647. The van der Waals surface area contributed by atoms with Gasteiger partial charge in [0.25, 0.3) is 5.56 Å². The Morgan fingerprint density at radius 1 is 1.07 bits per heavy atom. The van der Waals surface area contributed by atoms with E-state index in [0.29, 0.717) is 28.8 Å². The van der Waals surface area contributed by atoms with Gasteiger partial charge in [0.2, 0.25) is 0 Å². The molecule has 3 aromatic rings. The average molecular weight is 364 g/mol. The van der Waals surface area contributed by atoms with E-state index in [9.17, 15) is 9.59 Å². The lowest BCUT2D eigenvalue weighted by Gasteiger charge is -2.17. The van der Waals surface area contributed by atoms with Crippen molar-refractivity contribution in [2.75, 3.05) is 0 Å². The Morgan fingerprint density at radius 3 is 2.56 bits per heavy atom. The normalized spacial score (nSPS) is 10.9. The maximum atomic E-state index is 13.4. The molecule has 1 aromatic carbocycles. The van der Waals surface area contributed by atoms with Crippen molar-refractivity contribution < 1.29 is 9.53 Å². The highest BCUT2D eigenvalue weighted by Gasteiger charge is 2.21. The number of para-hydroxylation sites is 1. The fourth-order valence-electron chi connectivity index (χ4n) is 3.13. The number of esters is 1. The quantitative estimate of drug-likeness (QED) is 0.459. The third-order valence-electron chi connectivity index (χ3n) is 4.53. The Kier molecular flexibility index (Phi) is 6.01. The van der Waals surface area contributed by atoms with Crippen molar-refractivity contribution in [2.45, 2.75) is 46.0 Å². The fraction of sp³-hybridized carbons (Fsp3) is 0.318. The van der Waals surface area contributed by atoms with Crippen molar-refractivity contribution in [1.29, 1.82) is 0 Å². The maximum Gasteiger partial charge on any atom is 0.310 e. The van der Waals surface area contributed by atoms with Crippen LogP contribution in [0.15, 0.2) is 53.5 Å². The predicted octanol–water partition coefficient (Wildman–Crippen LogP) is 4.43. The number of carbonyl (C=O) groups excluding carboxylic acids is 1. The molecule has 5 nitrogen and oxygen atoms in total. The first-order valence-corrected chi connectivity index (χ1v) is 9.46. The van der Waals surface area contributed by atoms with Crippen LogP contribution in [0.25, 0.3) is 16.7 Å². The number of benzene rings is 1. The molecular weight excluding hydrogens is 340 g/mol. The van der Waals surface area contributed by atoms with Gasteiger partial charge in [-0.1, -0.05) is 44.9 Å². The number of hydrogen-bond donors (Lipinski definition) is 0. The summed E-state index contributed by atoms with van der Waals surface area (Å²) in [6, 6.07) is 13.1. The summed E-state index contributed by atoms with van der Waals surface area (Å²) in [7, 11) is 0.